The predicted molar refractivity (Wildman–Crippen MR) is 145 cm³/mol. The Bertz CT molecular complexity index is 1500. The summed E-state index contributed by atoms with van der Waals surface area (Å²) in [6, 6.07) is 9.23. The molecule has 0 spiro atoms. The fourth-order valence-corrected chi connectivity index (χ4v) is 3.49. The first-order chi connectivity index (χ1) is 16.0. The Morgan fingerprint density at radius 2 is 1.56 bits per heavy atom. The number of carboxylic acid groups (broad SMARTS) is 1. The summed E-state index contributed by atoms with van der Waals surface area (Å²) < 4.78 is 6.52. The van der Waals surface area contributed by atoms with E-state index in [1.807, 2.05) is 29.5 Å². The van der Waals surface area contributed by atoms with E-state index in [-0.39, 0.29) is 22.8 Å². The summed E-state index contributed by atoms with van der Waals surface area (Å²) in [5, 5.41) is 12.4. The second-order valence-corrected chi connectivity index (χ2v) is 7.39. The molecule has 0 atom stereocenters. The van der Waals surface area contributed by atoms with Gasteiger partial charge in [0.05, 0.1) is 5.56 Å². The van der Waals surface area contributed by atoms with Gasteiger partial charge in [-0.3, -0.25) is 4.79 Å². The molecular weight excluding hydrogens is 600 g/mol. The van der Waals surface area contributed by atoms with E-state index < -0.39 is 5.97 Å². The van der Waals surface area contributed by atoms with Crippen molar-refractivity contribution in [2.75, 3.05) is 0 Å². The Morgan fingerprint density at radius 3 is 2.09 bits per heavy atom. The average molecular weight is 610 g/mol. The van der Waals surface area contributed by atoms with Gasteiger partial charge in [0.1, 0.15) is 5.75 Å². The lowest BCUT2D eigenvalue weighted by atomic mass is 10.1. The van der Waals surface area contributed by atoms with Gasteiger partial charge in [0.2, 0.25) is 5.78 Å². The van der Waals surface area contributed by atoms with Gasteiger partial charge in [0, 0.05) is 21.3 Å². The van der Waals surface area contributed by atoms with Gasteiger partial charge in [-0.05, 0) is 104 Å². The molecule has 0 unspecified atom stereocenters. The maximum Gasteiger partial charge on any atom is 0.382 e. The van der Waals surface area contributed by atoms with Crippen molar-refractivity contribution in [1.82, 2.24) is 0 Å². The summed E-state index contributed by atoms with van der Waals surface area (Å²) in [7, 11) is 0. The van der Waals surface area contributed by atoms with E-state index in [0.717, 1.165) is 9.35 Å². The van der Waals surface area contributed by atoms with Gasteiger partial charge in [-0.15, -0.1) is 28.3 Å². The molecule has 0 fully saturated rings. The van der Waals surface area contributed by atoms with Gasteiger partial charge >= 0.3 is 5.97 Å². The highest BCUT2D eigenvalue weighted by Crippen LogP contribution is 2.33. The van der Waals surface area contributed by atoms with E-state index in [1.165, 1.54) is 0 Å². The number of ketones is 1. The van der Waals surface area contributed by atoms with Gasteiger partial charge in [-0.1, -0.05) is 24.8 Å². The third-order valence-corrected chi connectivity index (χ3v) is 5.20. The van der Waals surface area contributed by atoms with Crippen LogP contribution in [-0.4, -0.2) is 16.9 Å². The largest absolute Gasteiger partial charge is 0.472 e. The minimum Gasteiger partial charge on any atom is -0.472 e. The molecule has 8 heteroatoms. The number of rotatable bonds is 1. The molecular formula is C26H10Br2O4S2. The van der Waals surface area contributed by atoms with E-state index >= 15 is 0 Å². The third-order valence-electron chi connectivity index (χ3n) is 3.27. The molecule has 164 valence electrons. The summed E-state index contributed by atoms with van der Waals surface area (Å²) in [5.74, 6) is 24.9. The van der Waals surface area contributed by atoms with E-state index in [2.05, 4.69) is 93.0 Å². The molecule has 1 aromatic carbocycles. The number of halogens is 2. The van der Waals surface area contributed by atoms with Crippen molar-refractivity contribution in [3.05, 3.63) is 56.4 Å². The Labute approximate surface area is 225 Å². The maximum atomic E-state index is 12.0. The molecule has 4 nitrogen and oxygen atoms in total. The van der Waals surface area contributed by atoms with Crippen molar-refractivity contribution >= 4 is 74.7 Å². The zero-order valence-corrected chi connectivity index (χ0v) is 21.9. The molecule has 0 saturated carbocycles. The zero-order chi connectivity index (χ0) is 23.9. The number of ether oxygens (including phenoxy) is 1. The van der Waals surface area contributed by atoms with Crippen molar-refractivity contribution in [2.24, 2.45) is 0 Å². The SMILES string of the molecule is Br.O=C(O)C#CC#CC#CC#CC#CC#CS.O=C1/C(=C/c2sccc2Br)Oc2ccccc21. The lowest BCUT2D eigenvalue weighted by Gasteiger charge is -1.96. The monoisotopic (exact) mass is 608 g/mol. The number of Topliss-reactive ketones (excluding diaryl/α,β-unsaturated/α-hetero) is 1. The first-order valence-corrected chi connectivity index (χ1v) is 10.8. The minimum absolute atomic E-state index is 0. The van der Waals surface area contributed by atoms with Crippen LogP contribution in [0.3, 0.4) is 0 Å². The van der Waals surface area contributed by atoms with Gasteiger partial charge in [0.15, 0.2) is 5.76 Å². The number of carbonyl (C=O) groups is 2. The third kappa shape index (κ3) is 9.82. The summed E-state index contributed by atoms with van der Waals surface area (Å²) >= 11 is 8.60. The number of carboxylic acids is 1. The Morgan fingerprint density at radius 1 is 0.971 bits per heavy atom. The molecule has 0 saturated heterocycles. The molecule has 34 heavy (non-hydrogen) atoms. The summed E-state index contributed by atoms with van der Waals surface area (Å²) in [4.78, 5) is 22.9. The molecule has 0 bridgehead atoms. The number of thiol groups is 1. The van der Waals surface area contributed by atoms with Crippen molar-refractivity contribution < 1.29 is 19.4 Å². The minimum atomic E-state index is -1.23. The number of hydrogen-bond acceptors (Lipinski definition) is 5. The van der Waals surface area contributed by atoms with Crippen LogP contribution >= 0.6 is 56.9 Å². The van der Waals surface area contributed by atoms with Gasteiger partial charge in [-0.2, -0.15) is 0 Å². The van der Waals surface area contributed by atoms with Crippen molar-refractivity contribution in [3.63, 3.8) is 0 Å². The van der Waals surface area contributed by atoms with Crippen LogP contribution in [0.5, 0.6) is 5.75 Å². The van der Waals surface area contributed by atoms with Gasteiger partial charge < -0.3 is 9.84 Å². The summed E-state index contributed by atoms with van der Waals surface area (Å²) in [6.07, 6.45) is 1.77. The summed E-state index contributed by atoms with van der Waals surface area (Å²) in [5.41, 5.74) is 0.631. The highest BCUT2D eigenvalue weighted by Gasteiger charge is 2.26. The van der Waals surface area contributed by atoms with Crippen molar-refractivity contribution in [1.29, 1.82) is 0 Å². The molecule has 1 aliphatic rings. The molecule has 2 aromatic rings. The first kappa shape index (κ1) is 28.3. The van der Waals surface area contributed by atoms with Crippen LogP contribution in [0.4, 0.5) is 0 Å². The molecule has 0 amide bonds. The van der Waals surface area contributed by atoms with Crippen LogP contribution in [0, 0.1) is 70.4 Å². The van der Waals surface area contributed by atoms with Crippen LogP contribution in [-0.2, 0) is 4.79 Å². The number of allylic oxidation sites excluding steroid dienone is 1. The Hall–Kier alpha value is -3.73. The second kappa shape index (κ2) is 16.0. The van der Waals surface area contributed by atoms with Crippen LogP contribution in [0.25, 0.3) is 6.08 Å². The quantitative estimate of drug-likeness (QED) is 0.280. The topological polar surface area (TPSA) is 63.6 Å². The second-order valence-electron chi connectivity index (χ2n) is 5.36. The number of para-hydroxylation sites is 1. The zero-order valence-electron chi connectivity index (χ0n) is 16.9. The standard InChI is InChI=1S/C13H7BrO2S.C13H2O2S.BrH/c14-9-5-6-17-12(9)7-11-13(15)8-3-1-2-4-10(8)16-11;14-13(15)11-9-7-5-3-1-2-4-6-8-10-12-16;/h1-7H;16H,(H,14,15);1H/b11-7-;;. The Balaban J connectivity index is 0.000000332. The molecule has 1 aliphatic heterocycles. The lowest BCUT2D eigenvalue weighted by Crippen LogP contribution is -1.97. The highest BCUT2D eigenvalue weighted by atomic mass is 79.9. The lowest BCUT2D eigenvalue weighted by molar-refractivity contribution is -0.130. The van der Waals surface area contributed by atoms with E-state index in [4.69, 9.17) is 9.84 Å². The van der Waals surface area contributed by atoms with E-state index in [0.29, 0.717) is 17.1 Å². The Kier molecular flexibility index (Phi) is 13.3. The molecule has 3 rings (SSSR count). The van der Waals surface area contributed by atoms with E-state index in [1.54, 1.807) is 29.5 Å². The summed E-state index contributed by atoms with van der Waals surface area (Å²) in [6.45, 7) is 0. The highest BCUT2D eigenvalue weighted by molar-refractivity contribution is 9.10. The van der Waals surface area contributed by atoms with Gasteiger partial charge in [0.25, 0.3) is 0 Å². The average Bonchev–Trinajstić information content (AvgIpc) is 3.35. The van der Waals surface area contributed by atoms with E-state index in [9.17, 15) is 9.59 Å². The maximum absolute atomic E-state index is 12.0. The molecule has 1 N–H and O–H groups in total. The number of benzene rings is 1. The van der Waals surface area contributed by atoms with Crippen molar-refractivity contribution in [2.45, 2.75) is 0 Å². The number of fused-ring (bicyclic) bond motifs is 1. The number of hydrogen-bond donors (Lipinski definition) is 2. The molecule has 0 radical (unpaired) electrons. The first-order valence-electron chi connectivity index (χ1n) is 8.67. The van der Waals surface area contributed by atoms with Crippen molar-refractivity contribution in [3.8, 4) is 76.1 Å². The fraction of sp³-hybridized carbons (Fsp3) is 0. The van der Waals surface area contributed by atoms with Crippen LogP contribution in [0.1, 0.15) is 15.2 Å². The van der Waals surface area contributed by atoms with Crippen LogP contribution in [0.2, 0.25) is 0 Å². The fourth-order valence-electron chi connectivity index (χ4n) is 2.03. The van der Waals surface area contributed by atoms with Crippen LogP contribution < -0.4 is 4.74 Å². The van der Waals surface area contributed by atoms with Crippen LogP contribution in [0.15, 0.2) is 45.9 Å². The molecule has 0 aliphatic carbocycles. The number of aliphatic carboxylic acids is 1. The van der Waals surface area contributed by atoms with Gasteiger partial charge in [-0.25, -0.2) is 4.79 Å². The molecule has 1 aromatic heterocycles. The normalized spacial score (nSPS) is 10.2. The number of thiophene rings is 1. The number of carbonyl (C=O) groups excluding carboxylic acids is 1. The smallest absolute Gasteiger partial charge is 0.382 e. The predicted octanol–water partition coefficient (Wildman–Crippen LogP) is 4.68. The molecule has 2 heterocycles.